The number of rotatable bonds is 0. The van der Waals surface area contributed by atoms with Crippen molar-refractivity contribution in [2.75, 3.05) is 0 Å². The van der Waals surface area contributed by atoms with Crippen LogP contribution in [0.3, 0.4) is 0 Å². The fourth-order valence-electron chi connectivity index (χ4n) is 0.118. The summed E-state index contributed by atoms with van der Waals surface area (Å²) in [6.45, 7) is 0. The first-order chi connectivity index (χ1) is 1.89. The van der Waals surface area contributed by atoms with Gasteiger partial charge in [0.2, 0.25) is 0 Å². The molecule has 2 heteroatoms. The molecule has 0 aromatic rings. The van der Waals surface area contributed by atoms with E-state index in [0.29, 0.717) is 0 Å². The van der Waals surface area contributed by atoms with Crippen molar-refractivity contribution in [2.45, 2.75) is 17.4 Å². The molecule has 0 aromatic heterocycles. The summed E-state index contributed by atoms with van der Waals surface area (Å²) in [6, 6.07) is 0. The van der Waals surface area contributed by atoms with Crippen LogP contribution in [0.5, 0.6) is 0 Å². The SMILES string of the molecule is [Cl-].[Zn+][CH]1CC1. The van der Waals surface area contributed by atoms with E-state index in [1.54, 1.807) is 31.1 Å². The summed E-state index contributed by atoms with van der Waals surface area (Å²) in [5, 5.41) is 0. The summed E-state index contributed by atoms with van der Waals surface area (Å²) in [6.07, 6.45) is 3.08. The van der Waals surface area contributed by atoms with Crippen LogP contribution in [0.4, 0.5) is 0 Å². The topological polar surface area (TPSA) is 0 Å². The minimum absolute atomic E-state index is 0. The third-order valence-electron chi connectivity index (χ3n) is 0.697. The van der Waals surface area contributed by atoms with Crippen molar-refractivity contribution in [3.05, 3.63) is 0 Å². The maximum atomic E-state index is 1.54. The van der Waals surface area contributed by atoms with Gasteiger partial charge >= 0.3 is 35.7 Å². The van der Waals surface area contributed by atoms with E-state index in [1.165, 1.54) is 4.51 Å². The molecule has 1 saturated carbocycles. The standard InChI is InChI=1S/C3H5.ClH.Zn/c1-2-3-1;;/h1H,2-3H2;1H;/q;;+1/p-1. The summed E-state index contributed by atoms with van der Waals surface area (Å²) in [5.74, 6) is 0. The molecule has 0 aliphatic heterocycles. The number of hydrogen-bond acceptors (Lipinski definition) is 0. The Morgan fingerprint density at radius 3 is 1.60 bits per heavy atom. The second kappa shape index (κ2) is 2.15. The summed E-state index contributed by atoms with van der Waals surface area (Å²) in [5.41, 5.74) is 0. The molecule has 0 nitrogen and oxygen atoms in total. The Balaban J connectivity index is 0.000000160. The molecule has 1 rings (SSSR count). The van der Waals surface area contributed by atoms with Crippen molar-refractivity contribution >= 4 is 0 Å². The van der Waals surface area contributed by atoms with Crippen LogP contribution in [-0.2, 0) is 18.3 Å². The monoisotopic (exact) mass is 140 g/mol. The van der Waals surface area contributed by atoms with E-state index in [9.17, 15) is 0 Å². The first kappa shape index (κ1) is 5.91. The van der Waals surface area contributed by atoms with Crippen LogP contribution < -0.4 is 12.4 Å². The molecule has 26 valence electrons. The van der Waals surface area contributed by atoms with Crippen molar-refractivity contribution in [2.24, 2.45) is 0 Å². The van der Waals surface area contributed by atoms with Gasteiger partial charge in [-0.05, 0) is 0 Å². The van der Waals surface area contributed by atoms with E-state index in [4.69, 9.17) is 0 Å². The molecule has 1 fully saturated rings. The van der Waals surface area contributed by atoms with Crippen molar-refractivity contribution in [3.63, 3.8) is 0 Å². The Kier molecular flexibility index (Phi) is 2.54. The van der Waals surface area contributed by atoms with Crippen molar-refractivity contribution in [3.8, 4) is 0 Å². The molecule has 0 N–H and O–H groups in total. The van der Waals surface area contributed by atoms with Crippen LogP contribution in [-0.4, -0.2) is 0 Å². The van der Waals surface area contributed by atoms with Gasteiger partial charge in [-0.2, -0.15) is 0 Å². The molecule has 0 unspecified atom stereocenters. The molecule has 0 saturated heterocycles. The van der Waals surface area contributed by atoms with E-state index >= 15 is 0 Å². The Morgan fingerprint density at radius 1 is 1.40 bits per heavy atom. The fourth-order valence-corrected chi connectivity index (χ4v) is 0.612. The summed E-state index contributed by atoms with van der Waals surface area (Å²) < 4.78 is 1.21. The van der Waals surface area contributed by atoms with Gasteiger partial charge in [-0.3, -0.25) is 0 Å². The zero-order valence-corrected chi connectivity index (χ0v) is 6.80. The molecule has 5 heavy (non-hydrogen) atoms. The Bertz CT molecular complexity index is 26.1. The molecule has 0 atom stereocenters. The molecule has 0 heterocycles. The second-order valence-electron chi connectivity index (χ2n) is 1.44. The maximum absolute atomic E-state index is 1.54. The zero-order valence-electron chi connectivity index (χ0n) is 3.08. The Labute approximate surface area is 48.4 Å². The number of hydrogen-bond donors (Lipinski definition) is 0. The molecule has 1 aliphatic carbocycles. The molecular formula is C3H5ClZn. The molecule has 0 aromatic carbocycles. The van der Waals surface area contributed by atoms with Gasteiger partial charge < -0.3 is 12.4 Å². The van der Waals surface area contributed by atoms with Gasteiger partial charge in [0.15, 0.2) is 0 Å². The molecule has 0 bridgehead atoms. The second-order valence-corrected chi connectivity index (χ2v) is 3.87. The molecule has 0 amide bonds. The van der Waals surface area contributed by atoms with Crippen LogP contribution >= 0.6 is 0 Å². The molecular weight excluding hydrogens is 137 g/mol. The van der Waals surface area contributed by atoms with Gasteiger partial charge in [-0.1, -0.05) is 0 Å². The first-order valence-corrected chi connectivity index (χ1v) is 3.44. The predicted molar refractivity (Wildman–Crippen MR) is 13.0 cm³/mol. The third kappa shape index (κ3) is 2.72. The van der Waals surface area contributed by atoms with Crippen molar-refractivity contribution < 1.29 is 30.7 Å². The average Bonchev–Trinajstić information content (AvgIpc) is 1.75. The van der Waals surface area contributed by atoms with E-state index in [2.05, 4.69) is 0 Å². The van der Waals surface area contributed by atoms with Gasteiger partial charge in [0.25, 0.3) is 0 Å². The number of halogens is 1. The van der Waals surface area contributed by atoms with Crippen LogP contribution in [0.2, 0.25) is 4.51 Å². The Morgan fingerprint density at radius 2 is 1.60 bits per heavy atom. The van der Waals surface area contributed by atoms with Crippen molar-refractivity contribution in [1.82, 2.24) is 0 Å². The van der Waals surface area contributed by atoms with E-state index in [1.807, 2.05) is 0 Å². The van der Waals surface area contributed by atoms with Crippen LogP contribution in [0.1, 0.15) is 12.8 Å². The summed E-state index contributed by atoms with van der Waals surface area (Å²) >= 11 is 1.54. The van der Waals surface area contributed by atoms with Gasteiger partial charge in [-0.25, -0.2) is 0 Å². The zero-order chi connectivity index (χ0) is 2.99. The Hall–Kier alpha value is 0.913. The predicted octanol–water partition coefficient (Wildman–Crippen LogP) is -1.88. The fraction of sp³-hybridized carbons (Fsp3) is 1.00. The summed E-state index contributed by atoms with van der Waals surface area (Å²) in [4.78, 5) is 0. The third-order valence-corrected chi connectivity index (χ3v) is 2.41. The van der Waals surface area contributed by atoms with Gasteiger partial charge in [-0.15, -0.1) is 0 Å². The molecule has 0 spiro atoms. The van der Waals surface area contributed by atoms with Crippen LogP contribution in [0.25, 0.3) is 0 Å². The van der Waals surface area contributed by atoms with Crippen LogP contribution in [0.15, 0.2) is 0 Å². The minimum atomic E-state index is 0. The van der Waals surface area contributed by atoms with Crippen LogP contribution in [0, 0.1) is 0 Å². The van der Waals surface area contributed by atoms with Gasteiger partial charge in [0.1, 0.15) is 0 Å². The van der Waals surface area contributed by atoms with E-state index in [-0.39, 0.29) is 12.4 Å². The van der Waals surface area contributed by atoms with Crippen molar-refractivity contribution in [1.29, 1.82) is 0 Å². The first-order valence-electron chi connectivity index (χ1n) is 1.72. The van der Waals surface area contributed by atoms with Gasteiger partial charge in [0.05, 0.1) is 0 Å². The normalized spacial score (nSPS) is 21.2. The van der Waals surface area contributed by atoms with E-state index < -0.39 is 0 Å². The molecule has 1 aliphatic rings. The van der Waals surface area contributed by atoms with Gasteiger partial charge in [0, 0.05) is 0 Å². The quantitative estimate of drug-likeness (QED) is 0.347. The average molecular weight is 142 g/mol. The summed E-state index contributed by atoms with van der Waals surface area (Å²) in [7, 11) is 0. The van der Waals surface area contributed by atoms with E-state index in [0.717, 1.165) is 0 Å². The molecule has 0 radical (unpaired) electrons.